The molecule has 7 aliphatic rings. The predicted octanol–water partition coefficient (Wildman–Crippen LogP) is 13.2. The van der Waals surface area contributed by atoms with Crippen LogP contribution in [0.15, 0.2) is 81.8 Å². The lowest BCUT2D eigenvalue weighted by atomic mass is 9.15. The summed E-state index contributed by atoms with van der Waals surface area (Å²) in [6.45, 7) is 31.5. The van der Waals surface area contributed by atoms with E-state index in [2.05, 4.69) is 82.5 Å². The first-order chi connectivity index (χ1) is 25.4. The van der Waals surface area contributed by atoms with Crippen LogP contribution in [-0.4, -0.2) is 26.1 Å². The zero-order valence-corrected chi connectivity index (χ0v) is 35.3. The van der Waals surface area contributed by atoms with Gasteiger partial charge in [0, 0.05) is 29.9 Å². The van der Waals surface area contributed by atoms with Crippen LogP contribution < -0.4 is 0 Å². The third kappa shape index (κ3) is 5.80. The minimum absolute atomic E-state index is 0.0696. The van der Waals surface area contributed by atoms with Gasteiger partial charge in [0.25, 0.3) is 5.89 Å². The van der Waals surface area contributed by atoms with E-state index in [-0.39, 0.29) is 16.9 Å². The van der Waals surface area contributed by atoms with Crippen molar-refractivity contribution in [3.05, 3.63) is 84.2 Å². The lowest BCUT2D eigenvalue weighted by Gasteiger charge is -2.89. The van der Waals surface area contributed by atoms with Crippen molar-refractivity contribution in [3.63, 3.8) is 0 Å². The first-order valence-corrected chi connectivity index (χ1v) is 21.2. The Hall–Kier alpha value is -3.15. The summed E-state index contributed by atoms with van der Waals surface area (Å²) in [4.78, 5) is 4.49. The van der Waals surface area contributed by atoms with Crippen molar-refractivity contribution in [1.82, 2.24) is 10.2 Å². The summed E-state index contributed by atoms with van der Waals surface area (Å²) >= 11 is 0. The van der Waals surface area contributed by atoms with E-state index >= 15 is 0 Å². The molecule has 2 bridgehead atoms. The van der Waals surface area contributed by atoms with E-state index in [1.807, 2.05) is 18.6 Å². The van der Waals surface area contributed by atoms with E-state index < -0.39 is 5.41 Å². The van der Waals surface area contributed by atoms with Gasteiger partial charge in [-0.2, -0.15) is 0 Å². The molecule has 0 amide bonds. The van der Waals surface area contributed by atoms with Crippen LogP contribution in [0.4, 0.5) is 0 Å². The molecule has 8 unspecified atom stereocenters. The van der Waals surface area contributed by atoms with Gasteiger partial charge in [0.1, 0.15) is 5.71 Å². The molecule has 6 saturated carbocycles. The van der Waals surface area contributed by atoms with Gasteiger partial charge in [0.05, 0.1) is 11.5 Å². The van der Waals surface area contributed by atoms with Crippen LogP contribution in [0.2, 0.25) is 0 Å². The minimum Gasteiger partial charge on any atom is -0.513 e. The average Bonchev–Trinajstić information content (AvgIpc) is 3.70. The van der Waals surface area contributed by atoms with Gasteiger partial charge in [0.15, 0.2) is 0 Å². The second kappa shape index (κ2) is 14.4. The Bertz CT molecular complexity index is 1770. The predicted molar refractivity (Wildman–Crippen MR) is 222 cm³/mol. The number of allylic oxidation sites excluding steroid dienone is 8. The highest BCUT2D eigenvalue weighted by molar-refractivity contribution is 5.94. The Kier molecular flexibility index (Phi) is 10.8. The second-order valence-corrected chi connectivity index (χ2v) is 19.7. The van der Waals surface area contributed by atoms with Gasteiger partial charge in [0.2, 0.25) is 5.89 Å². The van der Waals surface area contributed by atoms with Gasteiger partial charge in [-0.05, 0) is 134 Å². The third-order valence-corrected chi connectivity index (χ3v) is 16.7. The SMILES string of the molecule is C=C(O)CC(C)(C)C(=C)O.C=C/C=C\N=C(C)c1nnc(CC23CCC45C(CCC6(C4C)C4(C)CCCCC4CCC56C)C2=C(C(C)C)/C(=C\CC)C3)o1. The van der Waals surface area contributed by atoms with E-state index in [1.54, 1.807) is 37.3 Å². The maximum Gasteiger partial charge on any atom is 0.261 e. The largest absolute Gasteiger partial charge is 0.513 e. The van der Waals surface area contributed by atoms with Crippen molar-refractivity contribution in [3.8, 4) is 0 Å². The summed E-state index contributed by atoms with van der Waals surface area (Å²) in [7, 11) is 0. The fraction of sp³-hybridized carbons (Fsp3) is 0.688. The Labute approximate surface area is 327 Å². The maximum absolute atomic E-state index is 8.98. The number of aliphatic imine (C=N–C) groups is 1. The van der Waals surface area contributed by atoms with Gasteiger partial charge < -0.3 is 14.6 Å². The number of rotatable bonds is 10. The lowest BCUT2D eigenvalue weighted by Crippen LogP contribution is -2.83. The number of aromatic nitrogens is 2. The monoisotopic (exact) mass is 738 g/mol. The number of nitrogens with zero attached hydrogens (tertiary/aromatic N) is 3. The summed E-state index contributed by atoms with van der Waals surface area (Å²) in [6, 6.07) is 0. The smallest absolute Gasteiger partial charge is 0.261 e. The third-order valence-electron chi connectivity index (χ3n) is 16.7. The number of aliphatic hydroxyl groups excluding tert-OH is 2. The quantitative estimate of drug-likeness (QED) is 0.142. The number of hydrogen-bond acceptors (Lipinski definition) is 6. The summed E-state index contributed by atoms with van der Waals surface area (Å²) in [5.41, 5.74) is 7.47. The summed E-state index contributed by atoms with van der Waals surface area (Å²) < 4.78 is 6.39. The molecular formula is C48H71N3O3. The van der Waals surface area contributed by atoms with E-state index in [0.29, 0.717) is 45.8 Å². The molecular weight excluding hydrogens is 667 g/mol. The van der Waals surface area contributed by atoms with Crippen LogP contribution in [0, 0.1) is 56.2 Å². The van der Waals surface area contributed by atoms with Gasteiger partial charge in [-0.15, -0.1) is 10.2 Å². The minimum atomic E-state index is -0.466. The highest BCUT2D eigenvalue weighted by atomic mass is 16.4. The zero-order chi connectivity index (χ0) is 39.5. The topological polar surface area (TPSA) is 91.7 Å². The first-order valence-electron chi connectivity index (χ1n) is 21.2. The van der Waals surface area contributed by atoms with Crippen molar-refractivity contribution in [2.75, 3.05) is 0 Å². The molecule has 0 saturated heterocycles. The molecule has 0 aliphatic heterocycles. The summed E-state index contributed by atoms with van der Waals surface area (Å²) in [5.74, 6) is 4.43. The number of hydrogen-bond donors (Lipinski definition) is 2. The van der Waals surface area contributed by atoms with Crippen molar-refractivity contribution < 1.29 is 14.6 Å². The maximum atomic E-state index is 8.98. The molecule has 1 heterocycles. The molecule has 2 spiro atoms. The molecule has 8 atom stereocenters. The Balaban J connectivity index is 0.000000439. The van der Waals surface area contributed by atoms with Gasteiger partial charge in [-0.25, -0.2) is 0 Å². The van der Waals surface area contributed by atoms with Gasteiger partial charge in [-0.3, -0.25) is 4.99 Å². The van der Waals surface area contributed by atoms with Gasteiger partial charge in [-0.1, -0.05) is 106 Å². The molecule has 1 aromatic rings. The molecule has 0 aromatic carbocycles. The highest BCUT2D eigenvalue weighted by Gasteiger charge is 2.85. The molecule has 6 heteroatoms. The van der Waals surface area contributed by atoms with E-state index in [4.69, 9.17) is 14.6 Å². The first kappa shape index (κ1) is 40.5. The van der Waals surface area contributed by atoms with Crippen LogP contribution in [0.3, 0.4) is 0 Å². The molecule has 6 nitrogen and oxygen atoms in total. The van der Waals surface area contributed by atoms with Crippen LogP contribution >= 0.6 is 0 Å². The second-order valence-electron chi connectivity index (χ2n) is 19.7. The zero-order valence-electron chi connectivity index (χ0n) is 35.3. The van der Waals surface area contributed by atoms with Crippen LogP contribution in [0.1, 0.15) is 158 Å². The van der Waals surface area contributed by atoms with Crippen molar-refractivity contribution >= 4 is 5.71 Å². The number of fused-ring (bicyclic) bond motifs is 3. The van der Waals surface area contributed by atoms with Crippen molar-refractivity contribution in [1.29, 1.82) is 0 Å². The average molecular weight is 738 g/mol. The van der Waals surface area contributed by atoms with Crippen molar-refractivity contribution in [2.24, 2.45) is 61.2 Å². The Morgan fingerprint density at radius 3 is 2.41 bits per heavy atom. The highest BCUT2D eigenvalue weighted by Crippen LogP contribution is 2.92. The fourth-order valence-corrected chi connectivity index (χ4v) is 14.6. The molecule has 1 aromatic heterocycles. The molecule has 7 aliphatic carbocycles. The molecule has 0 radical (unpaired) electrons. The van der Waals surface area contributed by atoms with E-state index in [9.17, 15) is 0 Å². The standard InChI is InChI=1S/C40H57N3O.C8H14O2/c1-9-11-23-41-27(5)35-43-42-32(44-35)25-38-21-22-39-28(6)40(36(7)18-13-12-15-30(36)16-19-37(39,40)8)20-17-31(39)34(38)33(26(3)4)29(24-38)14-10-2;1-6(9)5-8(3,4)7(2)10/h9,11,14,23,26,28,30-31H,1,10,12-13,15-22,24-25H2,2-8H3;9-10H,1-2,5H2,3-4H3/b23-11-,29-14-,41-27?;. The molecule has 6 fully saturated rings. The van der Waals surface area contributed by atoms with Crippen molar-refractivity contribution in [2.45, 2.75) is 152 Å². The van der Waals surface area contributed by atoms with E-state index in [0.717, 1.165) is 42.7 Å². The molecule has 296 valence electrons. The molecule has 2 N–H and O–H groups in total. The summed E-state index contributed by atoms with van der Waals surface area (Å²) in [6.07, 6.45) is 25.5. The van der Waals surface area contributed by atoms with Gasteiger partial charge >= 0.3 is 0 Å². The molecule has 8 rings (SSSR count). The number of aliphatic hydroxyl groups is 2. The Morgan fingerprint density at radius 1 is 1.04 bits per heavy atom. The fourth-order valence-electron chi connectivity index (χ4n) is 14.6. The normalized spacial score (nSPS) is 37.9. The Morgan fingerprint density at radius 2 is 1.78 bits per heavy atom. The summed E-state index contributed by atoms with van der Waals surface area (Å²) in [5, 5.41) is 26.9. The van der Waals surface area contributed by atoms with Crippen LogP contribution in [0.5, 0.6) is 0 Å². The lowest BCUT2D eigenvalue weighted by molar-refractivity contribution is -0.400. The van der Waals surface area contributed by atoms with Crippen LogP contribution in [0.25, 0.3) is 0 Å². The van der Waals surface area contributed by atoms with Crippen LogP contribution in [-0.2, 0) is 6.42 Å². The molecule has 54 heavy (non-hydrogen) atoms. The van der Waals surface area contributed by atoms with E-state index in [1.165, 1.54) is 64.2 Å².